The van der Waals surface area contributed by atoms with Gasteiger partial charge in [0.05, 0.1) is 11.9 Å². The highest BCUT2D eigenvalue weighted by Crippen LogP contribution is 2.38. The van der Waals surface area contributed by atoms with Crippen LogP contribution in [0.15, 0.2) is 53.4 Å². The molecule has 7 nitrogen and oxygen atoms in total. The van der Waals surface area contributed by atoms with E-state index in [2.05, 4.69) is 65.7 Å². The van der Waals surface area contributed by atoms with Crippen LogP contribution in [-0.4, -0.2) is 30.6 Å². The average Bonchev–Trinajstić information content (AvgIpc) is 3.19. The third-order valence-corrected chi connectivity index (χ3v) is 7.10. The lowest BCUT2D eigenvalue weighted by molar-refractivity contribution is -0.117. The summed E-state index contributed by atoms with van der Waals surface area (Å²) in [5, 5.41) is 13.2. The van der Waals surface area contributed by atoms with Gasteiger partial charge in [0.25, 0.3) is 0 Å². The van der Waals surface area contributed by atoms with E-state index >= 15 is 0 Å². The first-order chi connectivity index (χ1) is 14.7. The molecule has 1 saturated carbocycles. The normalized spacial score (nSPS) is 13.9. The minimum absolute atomic E-state index is 0.0457. The largest absolute Gasteiger partial charge is 0.302 e. The number of hydrogen-bond donors (Lipinski definition) is 2. The summed E-state index contributed by atoms with van der Waals surface area (Å²) in [6, 6.07) is 12.4. The van der Waals surface area contributed by atoms with E-state index in [0.29, 0.717) is 16.6 Å². The highest BCUT2D eigenvalue weighted by molar-refractivity contribution is 9.10. The first-order valence-corrected chi connectivity index (χ1v) is 11.2. The van der Waals surface area contributed by atoms with E-state index in [1.165, 1.54) is 16.7 Å². The Morgan fingerprint density at radius 2 is 2.10 bits per heavy atom. The van der Waals surface area contributed by atoms with E-state index in [1.807, 2.05) is 22.9 Å². The predicted octanol–water partition coefficient (Wildman–Crippen LogP) is 5.14. The molecule has 1 fully saturated rings. The van der Waals surface area contributed by atoms with Gasteiger partial charge in [0.1, 0.15) is 11.0 Å². The number of aromatic nitrogens is 5. The number of imidazole rings is 1. The van der Waals surface area contributed by atoms with Crippen molar-refractivity contribution in [2.45, 2.75) is 12.8 Å². The average molecular weight is 479 g/mol. The summed E-state index contributed by atoms with van der Waals surface area (Å²) in [6.45, 7) is 0. The Bertz CT molecular complexity index is 1430. The molecule has 3 aromatic heterocycles. The SMILES string of the molecule is O=C(Nc1nc2[nH]nc(-n3cncc3-c3ccc4ccccc4c3Br)c2s1)C1CC1. The van der Waals surface area contributed by atoms with Crippen LogP contribution in [0.3, 0.4) is 0 Å². The highest BCUT2D eigenvalue weighted by atomic mass is 79.9. The van der Waals surface area contributed by atoms with Crippen LogP contribution in [0.5, 0.6) is 0 Å². The third-order valence-electron chi connectivity index (χ3n) is 5.28. The molecule has 0 aliphatic heterocycles. The van der Waals surface area contributed by atoms with Gasteiger partial charge < -0.3 is 5.32 Å². The maximum Gasteiger partial charge on any atom is 0.229 e. The molecule has 2 N–H and O–H groups in total. The second-order valence-corrected chi connectivity index (χ2v) is 9.10. The fraction of sp³-hybridized carbons (Fsp3) is 0.143. The molecule has 0 spiro atoms. The van der Waals surface area contributed by atoms with Crippen LogP contribution in [0.4, 0.5) is 5.13 Å². The number of aromatic amines is 1. The molecule has 30 heavy (non-hydrogen) atoms. The lowest BCUT2D eigenvalue weighted by atomic mass is 10.1. The number of halogens is 1. The van der Waals surface area contributed by atoms with Gasteiger partial charge in [-0.3, -0.25) is 14.5 Å². The monoisotopic (exact) mass is 478 g/mol. The Morgan fingerprint density at radius 1 is 1.23 bits per heavy atom. The van der Waals surface area contributed by atoms with E-state index in [9.17, 15) is 4.79 Å². The predicted molar refractivity (Wildman–Crippen MR) is 121 cm³/mol. The van der Waals surface area contributed by atoms with Crippen LogP contribution in [-0.2, 0) is 4.79 Å². The smallest absolute Gasteiger partial charge is 0.229 e. The highest BCUT2D eigenvalue weighted by Gasteiger charge is 2.30. The minimum atomic E-state index is 0.0457. The van der Waals surface area contributed by atoms with Gasteiger partial charge in [-0.05, 0) is 39.5 Å². The minimum Gasteiger partial charge on any atom is -0.302 e. The van der Waals surface area contributed by atoms with Gasteiger partial charge in [-0.15, -0.1) is 0 Å². The third kappa shape index (κ3) is 2.85. The number of nitrogens with zero attached hydrogens (tertiary/aromatic N) is 4. The van der Waals surface area contributed by atoms with Gasteiger partial charge in [0, 0.05) is 16.0 Å². The molecular weight excluding hydrogens is 464 g/mol. The second-order valence-electron chi connectivity index (χ2n) is 7.30. The maximum atomic E-state index is 12.1. The molecular formula is C21H15BrN6OS. The van der Waals surface area contributed by atoms with E-state index in [1.54, 1.807) is 6.33 Å². The van der Waals surface area contributed by atoms with Crippen LogP contribution < -0.4 is 5.32 Å². The van der Waals surface area contributed by atoms with Gasteiger partial charge >= 0.3 is 0 Å². The number of rotatable bonds is 4. The molecule has 2 aromatic carbocycles. The molecule has 0 atom stereocenters. The topological polar surface area (TPSA) is 88.5 Å². The number of nitrogens with one attached hydrogen (secondary N) is 2. The van der Waals surface area contributed by atoms with E-state index in [-0.39, 0.29) is 11.8 Å². The Morgan fingerprint density at radius 3 is 2.97 bits per heavy atom. The van der Waals surface area contributed by atoms with Crippen LogP contribution >= 0.6 is 27.3 Å². The zero-order valence-corrected chi connectivity index (χ0v) is 18.0. The Labute approximate surface area is 183 Å². The van der Waals surface area contributed by atoms with Crippen molar-refractivity contribution in [3.63, 3.8) is 0 Å². The van der Waals surface area contributed by atoms with E-state index in [0.717, 1.165) is 38.7 Å². The summed E-state index contributed by atoms with van der Waals surface area (Å²) in [6.07, 6.45) is 5.49. The first kappa shape index (κ1) is 17.8. The molecule has 1 aliphatic rings. The van der Waals surface area contributed by atoms with Crippen LogP contribution in [0.25, 0.3) is 38.2 Å². The fourth-order valence-corrected chi connectivity index (χ4v) is 5.17. The summed E-state index contributed by atoms with van der Waals surface area (Å²) in [4.78, 5) is 20.9. The van der Waals surface area contributed by atoms with Crippen molar-refractivity contribution >= 4 is 59.4 Å². The van der Waals surface area contributed by atoms with Gasteiger partial charge in [-0.2, -0.15) is 5.10 Å². The van der Waals surface area contributed by atoms with Crippen LogP contribution in [0.1, 0.15) is 12.8 Å². The molecule has 0 saturated heterocycles. The fourth-order valence-electron chi connectivity index (χ4n) is 3.57. The zero-order chi connectivity index (χ0) is 20.2. The van der Waals surface area contributed by atoms with E-state index < -0.39 is 0 Å². The number of anilines is 1. The summed E-state index contributed by atoms with van der Waals surface area (Å²) >= 11 is 5.19. The van der Waals surface area contributed by atoms with Crippen molar-refractivity contribution in [1.29, 1.82) is 0 Å². The molecule has 1 amide bonds. The number of thiazole rings is 1. The van der Waals surface area contributed by atoms with Crippen molar-refractivity contribution in [3.8, 4) is 17.1 Å². The number of carbonyl (C=O) groups is 1. The number of benzene rings is 2. The molecule has 0 bridgehead atoms. The number of amides is 1. The molecule has 6 rings (SSSR count). The van der Waals surface area contributed by atoms with Crippen molar-refractivity contribution in [2.24, 2.45) is 5.92 Å². The Kier molecular flexibility index (Phi) is 4.00. The van der Waals surface area contributed by atoms with E-state index in [4.69, 9.17) is 0 Å². The molecule has 0 radical (unpaired) electrons. The molecule has 5 aromatic rings. The number of fused-ring (bicyclic) bond motifs is 2. The van der Waals surface area contributed by atoms with Crippen LogP contribution in [0, 0.1) is 5.92 Å². The van der Waals surface area contributed by atoms with Gasteiger partial charge in [0.2, 0.25) is 5.91 Å². The van der Waals surface area contributed by atoms with Crippen molar-refractivity contribution < 1.29 is 4.79 Å². The molecule has 3 heterocycles. The van der Waals surface area contributed by atoms with Gasteiger partial charge in [-0.25, -0.2) is 9.97 Å². The van der Waals surface area contributed by atoms with Gasteiger partial charge in [-0.1, -0.05) is 47.7 Å². The van der Waals surface area contributed by atoms with Crippen molar-refractivity contribution in [2.75, 3.05) is 5.32 Å². The number of carbonyl (C=O) groups excluding carboxylic acids is 1. The second kappa shape index (κ2) is 6.75. The number of H-pyrrole nitrogens is 1. The molecule has 1 aliphatic carbocycles. The van der Waals surface area contributed by atoms with Crippen molar-refractivity contribution in [1.82, 2.24) is 24.7 Å². The number of hydrogen-bond acceptors (Lipinski definition) is 5. The molecule has 148 valence electrons. The lowest BCUT2D eigenvalue weighted by Gasteiger charge is -2.10. The first-order valence-electron chi connectivity index (χ1n) is 9.55. The van der Waals surface area contributed by atoms with Gasteiger partial charge in [0.15, 0.2) is 16.6 Å². The molecule has 9 heteroatoms. The maximum absolute atomic E-state index is 12.1. The Hall–Kier alpha value is -3.04. The standard InChI is InChI=1S/C21H15BrN6OS/c22-16-13-4-2-1-3-11(13)7-8-14(16)15-9-23-10-28(15)19-17-18(26-27-19)24-21(30-17)25-20(29)12-5-6-12/h1-4,7-10,12H,5-6H2,(H2,24,25,26,27,29). The summed E-state index contributed by atoms with van der Waals surface area (Å²) in [5.74, 6) is 0.890. The Balaban J connectivity index is 1.44. The lowest BCUT2D eigenvalue weighted by Crippen LogP contribution is -2.12. The molecule has 0 unspecified atom stereocenters. The summed E-state index contributed by atoms with van der Waals surface area (Å²) in [5.41, 5.74) is 2.59. The summed E-state index contributed by atoms with van der Waals surface area (Å²) in [7, 11) is 0. The van der Waals surface area contributed by atoms with Crippen LogP contribution in [0.2, 0.25) is 0 Å². The quantitative estimate of drug-likeness (QED) is 0.374. The zero-order valence-electron chi connectivity index (χ0n) is 15.6. The summed E-state index contributed by atoms with van der Waals surface area (Å²) < 4.78 is 3.83. The van der Waals surface area contributed by atoms with Crippen molar-refractivity contribution in [3.05, 3.63) is 53.4 Å².